The first kappa shape index (κ1) is 22.1. The summed E-state index contributed by atoms with van der Waals surface area (Å²) in [6.45, 7) is 0. The monoisotopic (exact) mass is 482 g/mol. The van der Waals surface area contributed by atoms with Gasteiger partial charge in [0.1, 0.15) is 5.69 Å². The van der Waals surface area contributed by atoms with Crippen LogP contribution >= 0.6 is 23.2 Å². The van der Waals surface area contributed by atoms with Crippen LogP contribution in [-0.4, -0.2) is 20.7 Å². The largest absolute Gasteiger partial charge is 0.316 e. The maximum Gasteiger partial charge on any atom is 0.299 e. The molecule has 0 spiro atoms. The van der Waals surface area contributed by atoms with Gasteiger partial charge in [-0.3, -0.25) is 25.0 Å². The Hall–Kier alpha value is -4.08. The summed E-state index contributed by atoms with van der Waals surface area (Å²) in [6.07, 6.45) is 0. The molecule has 0 aliphatic carbocycles. The van der Waals surface area contributed by atoms with E-state index in [9.17, 15) is 25.0 Å². The SMILES string of the molecule is O=C(Nc1ccc([N+](=O)[O-])cc1[N+](=O)[O-])c1cc(-c2ccc(Cl)cc2Cl)nc2ccccc12. The fourth-order valence-corrected chi connectivity index (χ4v) is 3.78. The van der Waals surface area contributed by atoms with Crippen LogP contribution in [0.2, 0.25) is 10.0 Å². The second-order valence-electron chi connectivity index (χ2n) is 6.87. The lowest BCUT2D eigenvalue weighted by atomic mass is 10.0. The third-order valence-electron chi connectivity index (χ3n) is 4.80. The molecular weight excluding hydrogens is 471 g/mol. The molecule has 164 valence electrons. The molecule has 0 radical (unpaired) electrons. The number of fused-ring (bicyclic) bond motifs is 1. The maximum absolute atomic E-state index is 13.2. The van der Waals surface area contributed by atoms with E-state index in [1.165, 1.54) is 6.07 Å². The zero-order valence-electron chi connectivity index (χ0n) is 16.5. The maximum atomic E-state index is 13.2. The fraction of sp³-hybridized carbons (Fsp3) is 0. The number of non-ortho nitro benzene ring substituents is 1. The molecule has 4 aromatic rings. The molecule has 1 aromatic heterocycles. The van der Waals surface area contributed by atoms with Crippen LogP contribution in [0.5, 0.6) is 0 Å². The highest BCUT2D eigenvalue weighted by Gasteiger charge is 2.23. The lowest BCUT2D eigenvalue weighted by molar-refractivity contribution is -0.393. The van der Waals surface area contributed by atoms with E-state index in [1.54, 1.807) is 42.5 Å². The third-order valence-corrected chi connectivity index (χ3v) is 5.35. The number of hydrogen-bond acceptors (Lipinski definition) is 6. The minimum absolute atomic E-state index is 0.178. The molecule has 0 aliphatic heterocycles. The minimum atomic E-state index is -0.799. The van der Waals surface area contributed by atoms with Crippen LogP contribution in [0.4, 0.5) is 17.1 Å². The van der Waals surface area contributed by atoms with Crippen molar-refractivity contribution in [1.82, 2.24) is 4.98 Å². The number of halogens is 2. The van der Waals surface area contributed by atoms with Crippen LogP contribution in [-0.2, 0) is 0 Å². The van der Waals surface area contributed by atoms with Gasteiger partial charge in [0, 0.05) is 22.0 Å². The first-order chi connectivity index (χ1) is 15.7. The summed E-state index contributed by atoms with van der Waals surface area (Å²) in [4.78, 5) is 38.6. The number of hydrogen-bond donors (Lipinski definition) is 1. The molecule has 0 aliphatic rings. The molecule has 1 amide bonds. The van der Waals surface area contributed by atoms with Crippen molar-refractivity contribution in [2.45, 2.75) is 0 Å². The van der Waals surface area contributed by atoms with Crippen LogP contribution in [0.3, 0.4) is 0 Å². The van der Waals surface area contributed by atoms with E-state index < -0.39 is 27.1 Å². The highest BCUT2D eigenvalue weighted by atomic mass is 35.5. The molecule has 1 heterocycles. The first-order valence-electron chi connectivity index (χ1n) is 9.34. The highest BCUT2D eigenvalue weighted by molar-refractivity contribution is 6.36. The summed E-state index contributed by atoms with van der Waals surface area (Å²) in [7, 11) is 0. The van der Waals surface area contributed by atoms with Crippen LogP contribution in [0.15, 0.2) is 66.7 Å². The molecule has 0 atom stereocenters. The number of rotatable bonds is 5. The smallest absolute Gasteiger partial charge is 0.299 e. The van der Waals surface area contributed by atoms with Crippen molar-refractivity contribution >= 4 is 57.1 Å². The number of nitro benzene ring substituents is 2. The summed E-state index contributed by atoms with van der Waals surface area (Å²) < 4.78 is 0. The normalized spacial score (nSPS) is 10.7. The Labute approximate surface area is 195 Å². The molecule has 0 saturated heterocycles. The Morgan fingerprint density at radius 2 is 1.67 bits per heavy atom. The van der Waals surface area contributed by atoms with Crippen LogP contribution < -0.4 is 5.32 Å². The number of carbonyl (C=O) groups is 1. The van der Waals surface area contributed by atoms with E-state index >= 15 is 0 Å². The van der Waals surface area contributed by atoms with Gasteiger partial charge in [-0.15, -0.1) is 0 Å². The Balaban J connectivity index is 1.82. The second kappa shape index (κ2) is 8.81. The van der Waals surface area contributed by atoms with Gasteiger partial charge in [-0.25, -0.2) is 4.98 Å². The summed E-state index contributed by atoms with van der Waals surface area (Å²) in [5.74, 6) is -0.656. The van der Waals surface area contributed by atoms with Crippen molar-refractivity contribution in [1.29, 1.82) is 0 Å². The molecule has 1 N–H and O–H groups in total. The Bertz CT molecular complexity index is 1460. The van der Waals surface area contributed by atoms with Crippen molar-refractivity contribution in [2.75, 3.05) is 5.32 Å². The summed E-state index contributed by atoms with van der Waals surface area (Å²) >= 11 is 12.3. The number of nitrogens with one attached hydrogen (secondary N) is 1. The predicted octanol–water partition coefficient (Wildman–Crippen LogP) is 6.28. The molecule has 0 saturated carbocycles. The molecule has 11 heteroatoms. The van der Waals surface area contributed by atoms with Gasteiger partial charge in [0.05, 0.1) is 37.7 Å². The average Bonchev–Trinajstić information content (AvgIpc) is 2.78. The topological polar surface area (TPSA) is 128 Å². The molecule has 0 unspecified atom stereocenters. The molecular formula is C22H12Cl2N4O5. The molecule has 33 heavy (non-hydrogen) atoms. The lowest BCUT2D eigenvalue weighted by Gasteiger charge is -2.12. The van der Waals surface area contributed by atoms with E-state index in [2.05, 4.69) is 10.3 Å². The fourth-order valence-electron chi connectivity index (χ4n) is 3.28. The van der Waals surface area contributed by atoms with Crippen molar-refractivity contribution in [3.8, 4) is 11.3 Å². The van der Waals surface area contributed by atoms with E-state index in [4.69, 9.17) is 23.2 Å². The number of anilines is 1. The Morgan fingerprint density at radius 3 is 2.36 bits per heavy atom. The van der Waals surface area contributed by atoms with Crippen LogP contribution in [0.25, 0.3) is 22.2 Å². The lowest BCUT2D eigenvalue weighted by Crippen LogP contribution is -2.14. The number of benzene rings is 3. The van der Waals surface area contributed by atoms with E-state index in [1.807, 2.05) is 0 Å². The van der Waals surface area contributed by atoms with Crippen molar-refractivity contribution in [3.63, 3.8) is 0 Å². The van der Waals surface area contributed by atoms with Gasteiger partial charge in [-0.1, -0.05) is 41.4 Å². The number of pyridine rings is 1. The number of carbonyl (C=O) groups excluding carboxylic acids is 1. The number of nitro groups is 2. The van der Waals surface area contributed by atoms with Gasteiger partial charge in [0.15, 0.2) is 0 Å². The van der Waals surface area contributed by atoms with Crippen LogP contribution in [0.1, 0.15) is 10.4 Å². The molecule has 9 nitrogen and oxygen atoms in total. The summed E-state index contributed by atoms with van der Waals surface area (Å²) in [5, 5.41) is 26.2. The number of aromatic nitrogens is 1. The van der Waals surface area contributed by atoms with Gasteiger partial charge < -0.3 is 5.32 Å². The number of nitrogens with zero attached hydrogens (tertiary/aromatic N) is 3. The number of amides is 1. The van der Waals surface area contributed by atoms with E-state index in [0.717, 1.165) is 18.2 Å². The third kappa shape index (κ3) is 4.45. The molecule has 4 rings (SSSR count). The van der Waals surface area contributed by atoms with Gasteiger partial charge in [-0.05, 0) is 36.4 Å². The van der Waals surface area contributed by atoms with Gasteiger partial charge in [0.2, 0.25) is 0 Å². The Kier molecular flexibility index (Phi) is 5.91. The number of para-hydroxylation sites is 1. The van der Waals surface area contributed by atoms with Gasteiger partial charge in [-0.2, -0.15) is 0 Å². The molecule has 0 fully saturated rings. The quantitative estimate of drug-likeness (QED) is 0.263. The highest BCUT2D eigenvalue weighted by Crippen LogP contribution is 2.33. The molecule has 0 bridgehead atoms. The first-order valence-corrected chi connectivity index (χ1v) is 10.1. The zero-order chi connectivity index (χ0) is 23.7. The summed E-state index contributed by atoms with van der Waals surface area (Å²) in [6, 6.07) is 16.3. The van der Waals surface area contributed by atoms with Crippen molar-refractivity contribution in [2.24, 2.45) is 0 Å². The van der Waals surface area contributed by atoms with Crippen molar-refractivity contribution < 1.29 is 14.6 Å². The van der Waals surface area contributed by atoms with E-state index in [0.29, 0.717) is 32.2 Å². The standard InChI is InChI=1S/C22H12Cl2N4O5/c23-12-5-7-15(17(24)9-12)20-11-16(14-3-1-2-4-18(14)25-20)22(29)26-19-8-6-13(27(30)31)10-21(19)28(32)33/h1-11H,(H,26,29). The van der Waals surface area contributed by atoms with Crippen LogP contribution in [0, 0.1) is 20.2 Å². The zero-order valence-corrected chi connectivity index (χ0v) is 18.0. The summed E-state index contributed by atoms with van der Waals surface area (Å²) in [5.41, 5.74) is 0.396. The van der Waals surface area contributed by atoms with Gasteiger partial charge in [0.25, 0.3) is 17.3 Å². The van der Waals surface area contributed by atoms with E-state index in [-0.39, 0.29) is 11.3 Å². The second-order valence-corrected chi connectivity index (χ2v) is 7.71. The Morgan fingerprint density at radius 1 is 0.909 bits per heavy atom. The average molecular weight is 483 g/mol. The predicted molar refractivity (Wildman–Crippen MR) is 125 cm³/mol. The van der Waals surface area contributed by atoms with Gasteiger partial charge >= 0.3 is 0 Å². The molecule has 3 aromatic carbocycles. The minimum Gasteiger partial charge on any atom is -0.316 e. The van der Waals surface area contributed by atoms with Crippen molar-refractivity contribution in [3.05, 3.63) is 103 Å².